The predicted octanol–water partition coefficient (Wildman–Crippen LogP) is 9.88. The van der Waals surface area contributed by atoms with Crippen LogP contribution in [0.25, 0.3) is 75.1 Å². The highest BCUT2D eigenvalue weighted by atomic mass is 32.1. The topological polar surface area (TPSA) is 35.1 Å². The van der Waals surface area contributed by atoms with E-state index in [0.29, 0.717) is 0 Å². The van der Waals surface area contributed by atoms with Crippen LogP contribution in [0.5, 0.6) is 0 Å². The number of hydrogen-bond donors (Lipinski definition) is 0. The summed E-state index contributed by atoms with van der Waals surface area (Å²) in [6.07, 6.45) is 5.92. The van der Waals surface area contributed by atoms with E-state index in [2.05, 4.69) is 185 Å². The standard InChI is InChI=1S/C50H32N4SSi/c1-3-15-33(16-4-1)56(34-17-5-2-6-18-34,35-26-27-36-37-19-7-10-22-41(37)53-30-29-52-50(53)40(36)31-35)45-32-43-47(49-48(45)39-21-9-12-24-44(39)55-49)38-20-8-11-23-42(38)54(43)46-25-13-14-28-51-46/h1-32H. The van der Waals surface area contributed by atoms with Gasteiger partial charge in [0.15, 0.2) is 8.07 Å². The average molecular weight is 749 g/mol. The van der Waals surface area contributed by atoms with Crippen LogP contribution in [0.4, 0.5) is 0 Å². The number of imidazole rings is 1. The second kappa shape index (κ2) is 12.1. The lowest BCUT2D eigenvalue weighted by molar-refractivity contribution is 1.08. The van der Waals surface area contributed by atoms with Gasteiger partial charge in [-0.25, -0.2) is 9.97 Å². The quantitative estimate of drug-likeness (QED) is 0.0999. The number of thiophene rings is 1. The van der Waals surface area contributed by atoms with Gasteiger partial charge < -0.3 is 0 Å². The van der Waals surface area contributed by atoms with Gasteiger partial charge in [0.25, 0.3) is 0 Å². The number of nitrogens with zero attached hydrogens (tertiary/aromatic N) is 4. The van der Waals surface area contributed by atoms with Crippen LogP contribution in [-0.4, -0.2) is 27.0 Å². The first kappa shape index (κ1) is 31.5. The molecule has 0 aliphatic rings. The molecule has 5 heterocycles. The number of aromatic nitrogens is 4. The minimum atomic E-state index is -3.15. The molecule has 0 saturated heterocycles. The highest BCUT2D eigenvalue weighted by molar-refractivity contribution is 7.28. The summed E-state index contributed by atoms with van der Waals surface area (Å²) in [6, 6.07) is 65.2. The molecule has 0 saturated carbocycles. The van der Waals surface area contributed by atoms with Crippen LogP contribution in [0, 0.1) is 0 Å². The van der Waals surface area contributed by atoms with Gasteiger partial charge >= 0.3 is 0 Å². The highest BCUT2D eigenvalue weighted by Crippen LogP contribution is 2.43. The first-order valence-electron chi connectivity index (χ1n) is 19.0. The molecule has 4 nitrogen and oxygen atoms in total. The van der Waals surface area contributed by atoms with E-state index in [4.69, 9.17) is 9.97 Å². The van der Waals surface area contributed by atoms with E-state index in [1.165, 1.54) is 68.0 Å². The maximum absolute atomic E-state index is 5.00. The van der Waals surface area contributed by atoms with Gasteiger partial charge in [-0.2, -0.15) is 0 Å². The molecule has 0 radical (unpaired) electrons. The number of benzene rings is 7. The fourth-order valence-electron chi connectivity index (χ4n) is 9.51. The zero-order valence-corrected chi connectivity index (χ0v) is 32.0. The molecule has 6 heteroatoms. The molecular weight excluding hydrogens is 717 g/mol. The Hall–Kier alpha value is -6.86. The Morgan fingerprint density at radius 3 is 1.89 bits per heavy atom. The van der Waals surface area contributed by atoms with Crippen molar-refractivity contribution in [3.63, 3.8) is 0 Å². The number of fused-ring (bicyclic) bond motifs is 13. The monoisotopic (exact) mass is 748 g/mol. The lowest BCUT2D eigenvalue weighted by atomic mass is 10.1. The van der Waals surface area contributed by atoms with Gasteiger partial charge in [0.2, 0.25) is 0 Å². The van der Waals surface area contributed by atoms with E-state index >= 15 is 0 Å². The maximum atomic E-state index is 5.00. The molecule has 0 aliphatic carbocycles. The molecule has 0 aliphatic heterocycles. The minimum absolute atomic E-state index is 0.913. The van der Waals surface area contributed by atoms with Crippen LogP contribution in [-0.2, 0) is 0 Å². The summed E-state index contributed by atoms with van der Waals surface area (Å²) in [5, 5.41) is 14.1. The molecular formula is C50H32N4SSi. The third-order valence-corrected chi connectivity index (χ3v) is 17.7. The Kier molecular flexibility index (Phi) is 6.79. The molecule has 12 rings (SSSR count). The van der Waals surface area contributed by atoms with Gasteiger partial charge in [-0.15, -0.1) is 11.3 Å². The molecule has 0 N–H and O–H groups in total. The lowest BCUT2D eigenvalue weighted by Crippen LogP contribution is -2.74. The van der Waals surface area contributed by atoms with Crippen LogP contribution >= 0.6 is 11.3 Å². The normalized spacial score (nSPS) is 12.3. The lowest BCUT2D eigenvalue weighted by Gasteiger charge is -2.35. The Labute approximate surface area is 327 Å². The summed E-state index contributed by atoms with van der Waals surface area (Å²) < 4.78 is 7.24. The summed E-state index contributed by atoms with van der Waals surface area (Å²) in [6.45, 7) is 0. The van der Waals surface area contributed by atoms with Crippen LogP contribution in [0.3, 0.4) is 0 Å². The van der Waals surface area contributed by atoms with E-state index in [-0.39, 0.29) is 0 Å². The van der Waals surface area contributed by atoms with E-state index < -0.39 is 8.07 Å². The zero-order valence-electron chi connectivity index (χ0n) is 30.2. The van der Waals surface area contributed by atoms with E-state index in [0.717, 1.165) is 27.9 Å². The molecule has 7 aromatic carbocycles. The Morgan fingerprint density at radius 2 is 1.12 bits per heavy atom. The molecule has 0 fully saturated rings. The van der Waals surface area contributed by atoms with Crippen molar-refractivity contribution in [2.24, 2.45) is 0 Å². The number of pyridine rings is 2. The molecule has 0 bridgehead atoms. The van der Waals surface area contributed by atoms with Crippen LogP contribution in [0.2, 0.25) is 0 Å². The third kappa shape index (κ3) is 4.28. The number of hydrogen-bond acceptors (Lipinski definition) is 3. The highest BCUT2D eigenvalue weighted by Gasteiger charge is 2.44. The van der Waals surface area contributed by atoms with Crippen LogP contribution in [0.15, 0.2) is 195 Å². The summed E-state index contributed by atoms with van der Waals surface area (Å²) >= 11 is 1.91. The Bertz CT molecular complexity index is 3440. The van der Waals surface area contributed by atoms with Crippen molar-refractivity contribution in [1.29, 1.82) is 0 Å². The van der Waals surface area contributed by atoms with E-state index in [1.807, 2.05) is 29.8 Å². The van der Waals surface area contributed by atoms with Gasteiger partial charge in [0.05, 0.1) is 16.6 Å². The molecule has 0 unspecified atom stereocenters. The number of rotatable bonds is 5. The Morgan fingerprint density at radius 1 is 0.446 bits per heavy atom. The molecule has 12 aromatic rings. The first-order valence-corrected chi connectivity index (χ1v) is 21.8. The summed E-state index contributed by atoms with van der Waals surface area (Å²) in [5.74, 6) is 0.913. The van der Waals surface area contributed by atoms with Gasteiger partial charge in [-0.3, -0.25) is 8.97 Å². The second-order valence-corrected chi connectivity index (χ2v) is 19.4. The van der Waals surface area contributed by atoms with Gasteiger partial charge in [-0.1, -0.05) is 140 Å². The molecule has 56 heavy (non-hydrogen) atoms. The summed E-state index contributed by atoms with van der Waals surface area (Å²) in [7, 11) is -3.15. The molecule has 5 aromatic heterocycles. The molecule has 0 spiro atoms. The fourth-order valence-corrected chi connectivity index (χ4v) is 15.9. The summed E-state index contributed by atoms with van der Waals surface area (Å²) in [4.78, 5) is 9.96. The van der Waals surface area contributed by atoms with Crippen molar-refractivity contribution < 1.29 is 0 Å². The van der Waals surface area contributed by atoms with Crippen molar-refractivity contribution in [2.45, 2.75) is 0 Å². The SMILES string of the molecule is c1ccc([Si](c2ccccc2)(c2ccc3c4ccccc4n4ccnc4c3c2)c2cc3c(c4ccccc4n3-c3ccccn3)c3sc4ccccc4c23)cc1. The van der Waals surface area contributed by atoms with E-state index in [1.54, 1.807) is 0 Å². The van der Waals surface area contributed by atoms with Gasteiger partial charge in [0.1, 0.15) is 11.5 Å². The maximum Gasteiger partial charge on any atom is 0.180 e. The fraction of sp³-hybridized carbons (Fsp3) is 0. The van der Waals surface area contributed by atoms with Crippen LogP contribution in [0.1, 0.15) is 0 Å². The molecule has 0 atom stereocenters. The van der Waals surface area contributed by atoms with Crippen molar-refractivity contribution in [1.82, 2.24) is 18.9 Å². The largest absolute Gasteiger partial charge is 0.299 e. The van der Waals surface area contributed by atoms with Crippen molar-refractivity contribution in [3.8, 4) is 5.82 Å². The minimum Gasteiger partial charge on any atom is -0.299 e. The molecule has 0 amide bonds. The summed E-state index contributed by atoms with van der Waals surface area (Å²) in [5.41, 5.74) is 4.46. The van der Waals surface area contributed by atoms with E-state index in [9.17, 15) is 0 Å². The van der Waals surface area contributed by atoms with Gasteiger partial charge in [0, 0.05) is 60.3 Å². The van der Waals surface area contributed by atoms with Crippen molar-refractivity contribution >= 4 is 109 Å². The van der Waals surface area contributed by atoms with Crippen molar-refractivity contribution in [3.05, 3.63) is 195 Å². The second-order valence-electron chi connectivity index (χ2n) is 14.5. The average Bonchev–Trinajstić information content (AvgIpc) is 4.00. The van der Waals surface area contributed by atoms with Gasteiger partial charge in [-0.05, 0) is 62.5 Å². The van der Waals surface area contributed by atoms with Crippen molar-refractivity contribution in [2.75, 3.05) is 0 Å². The predicted molar refractivity (Wildman–Crippen MR) is 239 cm³/mol. The zero-order chi connectivity index (χ0) is 36.8. The number of para-hydroxylation sites is 2. The van der Waals surface area contributed by atoms with Crippen LogP contribution < -0.4 is 20.7 Å². The molecule has 262 valence electrons. The first-order chi connectivity index (χ1) is 27.8. The Balaban J connectivity index is 1.34. The third-order valence-electron chi connectivity index (χ3n) is 11.8. The smallest absolute Gasteiger partial charge is 0.180 e.